The predicted molar refractivity (Wildman–Crippen MR) is 352 cm³/mol. The summed E-state index contributed by atoms with van der Waals surface area (Å²) < 4.78 is 12.4. The maximum atomic E-state index is 6.22. The number of benzene rings is 11. The number of fused-ring (bicyclic) bond motifs is 6. The largest absolute Gasteiger partial charge is 0.494 e. The number of ether oxygens (including phenoxy) is 2. The molecule has 0 saturated carbocycles. The van der Waals surface area contributed by atoms with E-state index in [4.69, 9.17) is 9.47 Å². The van der Waals surface area contributed by atoms with E-state index in [9.17, 15) is 0 Å². The smallest absolute Gasteiger partial charge is 0.119 e. The summed E-state index contributed by atoms with van der Waals surface area (Å²) in [5.74, 6) is 1.78. The standard InChI is InChI=1S/C78H72N2O2/c1-9-11-49-81-59-41-37-57(38-42-59)79(55-33-29-53(30-34-55)77(3,4)5)67-47-45-65-71-61(67)25-19-27-63(71)73-69(51-21-15-13-16-22-51)74-64-28-20-26-62-68(48-46-66(72(62)64)76(74)70(75(65)73)52-23-17-14-18-24-52)80(56-35-31-54(32-36-56)78(6,7)8)58-39-43-60(44-40-58)82-50-12-10-2/h13-48H,9-12,49-50H2,1-8H3. The summed E-state index contributed by atoms with van der Waals surface area (Å²) in [7, 11) is 0. The van der Waals surface area contributed by atoms with Crippen LogP contribution in [0.1, 0.15) is 92.2 Å². The fourth-order valence-corrected chi connectivity index (χ4v) is 12.7. The minimum atomic E-state index is 0.0196. The maximum absolute atomic E-state index is 6.22. The van der Waals surface area contributed by atoms with Crippen LogP contribution in [-0.2, 0) is 10.8 Å². The summed E-state index contributed by atoms with van der Waals surface area (Å²) in [6.45, 7) is 19.5. The van der Waals surface area contributed by atoms with Crippen LogP contribution in [0.15, 0.2) is 218 Å². The zero-order valence-electron chi connectivity index (χ0n) is 48.7. The van der Waals surface area contributed by atoms with Crippen molar-refractivity contribution in [3.63, 3.8) is 0 Å². The first-order valence-corrected chi connectivity index (χ1v) is 29.7. The second kappa shape index (κ2) is 21.2. The SMILES string of the molecule is CCCCOc1ccc(N(c2ccc(C(C)(C)C)cc2)c2ccc3c4c(-c5ccccc5)c5c6ccc(N(c7ccc(OCCCC)cc7)c7ccc(C(C)(C)C)cc7)c7cccc(c5c(-c5ccccc5)c4c4cccc2c43)c76)cc1. The third-order valence-corrected chi connectivity index (χ3v) is 16.9. The third-order valence-electron chi connectivity index (χ3n) is 16.9. The molecule has 13 aromatic carbocycles. The second-order valence-electron chi connectivity index (χ2n) is 24.4. The molecule has 0 aliphatic carbocycles. The summed E-state index contributed by atoms with van der Waals surface area (Å²) in [4.78, 5) is 4.88. The number of hydrogen-bond donors (Lipinski definition) is 0. The van der Waals surface area contributed by atoms with Gasteiger partial charge in [0.1, 0.15) is 11.5 Å². The van der Waals surface area contributed by atoms with E-state index in [-0.39, 0.29) is 10.8 Å². The van der Waals surface area contributed by atoms with Crippen LogP contribution >= 0.6 is 0 Å². The van der Waals surface area contributed by atoms with Gasteiger partial charge in [-0.3, -0.25) is 0 Å². The van der Waals surface area contributed by atoms with E-state index >= 15 is 0 Å². The highest BCUT2D eigenvalue weighted by Crippen LogP contribution is 2.58. The lowest BCUT2D eigenvalue weighted by molar-refractivity contribution is 0.309. The number of rotatable bonds is 16. The molecule has 406 valence electrons. The molecule has 0 radical (unpaired) electrons. The normalized spacial score (nSPS) is 12.2. The fraction of sp³-hybridized carbons (Fsp3) is 0.205. The van der Waals surface area contributed by atoms with Gasteiger partial charge in [-0.05, 0) is 196 Å². The van der Waals surface area contributed by atoms with E-state index in [0.29, 0.717) is 13.2 Å². The van der Waals surface area contributed by atoms with E-state index in [1.165, 1.54) is 98.0 Å². The molecule has 4 heteroatoms. The lowest BCUT2D eigenvalue weighted by Crippen LogP contribution is -2.13. The van der Waals surface area contributed by atoms with Crippen LogP contribution in [0, 0.1) is 0 Å². The van der Waals surface area contributed by atoms with E-state index in [1.54, 1.807) is 0 Å². The fourth-order valence-electron chi connectivity index (χ4n) is 12.7. The monoisotopic (exact) mass is 1070 g/mol. The zero-order valence-corrected chi connectivity index (χ0v) is 48.7. The van der Waals surface area contributed by atoms with Crippen molar-refractivity contribution in [2.45, 2.75) is 91.9 Å². The van der Waals surface area contributed by atoms with E-state index in [0.717, 1.165) is 71.3 Å². The molecule has 0 bridgehead atoms. The highest BCUT2D eigenvalue weighted by atomic mass is 16.5. The Balaban J connectivity index is 1.10. The van der Waals surface area contributed by atoms with E-state index < -0.39 is 0 Å². The average molecular weight is 1070 g/mol. The first-order valence-electron chi connectivity index (χ1n) is 29.7. The Hall–Kier alpha value is -8.86. The van der Waals surface area contributed by atoms with Gasteiger partial charge in [0.25, 0.3) is 0 Å². The first-order chi connectivity index (χ1) is 39.9. The molecule has 0 spiro atoms. The Labute approximate surface area is 483 Å². The van der Waals surface area contributed by atoms with Gasteiger partial charge >= 0.3 is 0 Å². The molecule has 0 aromatic heterocycles. The van der Waals surface area contributed by atoms with Crippen molar-refractivity contribution in [1.29, 1.82) is 0 Å². The molecule has 13 rings (SSSR count). The summed E-state index contributed by atoms with van der Waals surface area (Å²) in [5.41, 5.74) is 14.2. The minimum absolute atomic E-state index is 0.0196. The Kier molecular flexibility index (Phi) is 13.6. The molecule has 82 heavy (non-hydrogen) atoms. The second-order valence-corrected chi connectivity index (χ2v) is 24.4. The molecule has 0 fully saturated rings. The van der Waals surface area contributed by atoms with Gasteiger partial charge in [-0.15, -0.1) is 0 Å². The van der Waals surface area contributed by atoms with Crippen LogP contribution in [-0.4, -0.2) is 13.2 Å². The van der Waals surface area contributed by atoms with E-state index in [2.05, 4.69) is 284 Å². The van der Waals surface area contributed by atoms with Gasteiger partial charge in [0.05, 0.1) is 24.6 Å². The van der Waals surface area contributed by atoms with Gasteiger partial charge in [-0.25, -0.2) is 0 Å². The third kappa shape index (κ3) is 9.19. The molecule has 0 aliphatic rings. The lowest BCUT2D eigenvalue weighted by Gasteiger charge is -2.28. The topological polar surface area (TPSA) is 24.9 Å². The van der Waals surface area contributed by atoms with Crippen molar-refractivity contribution in [3.8, 4) is 33.8 Å². The Morgan fingerprint density at radius 2 is 0.622 bits per heavy atom. The van der Waals surface area contributed by atoms with Gasteiger partial charge in [-0.1, -0.05) is 202 Å². The quantitative estimate of drug-likeness (QED) is 0.0901. The van der Waals surface area contributed by atoms with Crippen LogP contribution in [0.2, 0.25) is 0 Å². The Bertz CT molecular complexity index is 4040. The van der Waals surface area contributed by atoms with Crippen molar-refractivity contribution in [2.24, 2.45) is 0 Å². The van der Waals surface area contributed by atoms with Crippen molar-refractivity contribution in [1.82, 2.24) is 0 Å². The molecule has 0 unspecified atom stereocenters. The molecular weight excluding hydrogens is 997 g/mol. The first kappa shape index (κ1) is 52.5. The molecular formula is C78H72N2O2. The van der Waals surface area contributed by atoms with Crippen LogP contribution in [0.3, 0.4) is 0 Å². The van der Waals surface area contributed by atoms with Gasteiger partial charge in [-0.2, -0.15) is 0 Å². The minimum Gasteiger partial charge on any atom is -0.494 e. The lowest BCUT2D eigenvalue weighted by atomic mass is 9.87. The highest BCUT2D eigenvalue weighted by molar-refractivity contribution is 6.47. The molecule has 0 amide bonds. The zero-order chi connectivity index (χ0) is 56.3. The van der Waals surface area contributed by atoms with Gasteiger partial charge < -0.3 is 19.3 Å². The van der Waals surface area contributed by atoms with Crippen molar-refractivity contribution in [2.75, 3.05) is 23.0 Å². The number of unbranched alkanes of at least 4 members (excludes halogenated alkanes) is 2. The Morgan fingerprint density at radius 1 is 0.305 bits per heavy atom. The molecule has 4 nitrogen and oxygen atoms in total. The average Bonchev–Trinajstić information content (AvgIpc) is 2.00. The van der Waals surface area contributed by atoms with Crippen LogP contribution in [0.25, 0.3) is 86.9 Å². The number of nitrogens with zero attached hydrogens (tertiary/aromatic N) is 2. The summed E-state index contributed by atoms with van der Waals surface area (Å²) >= 11 is 0. The van der Waals surface area contributed by atoms with Crippen molar-refractivity contribution < 1.29 is 9.47 Å². The van der Waals surface area contributed by atoms with Crippen molar-refractivity contribution >= 4 is 98.8 Å². The van der Waals surface area contributed by atoms with Crippen LogP contribution < -0.4 is 19.3 Å². The summed E-state index contributed by atoms with van der Waals surface area (Å²) in [6.07, 6.45) is 4.24. The maximum Gasteiger partial charge on any atom is 0.119 e. The van der Waals surface area contributed by atoms with Gasteiger partial charge in [0.15, 0.2) is 0 Å². The molecule has 0 atom stereocenters. The summed E-state index contributed by atoms with van der Waals surface area (Å²) in [6, 6.07) is 81.7. The number of hydrogen-bond acceptors (Lipinski definition) is 4. The van der Waals surface area contributed by atoms with Crippen LogP contribution in [0.4, 0.5) is 34.1 Å². The molecule has 0 N–H and O–H groups in total. The molecule has 13 aromatic rings. The summed E-state index contributed by atoms with van der Waals surface area (Å²) in [5, 5.41) is 15.1. The van der Waals surface area contributed by atoms with Crippen molar-refractivity contribution in [3.05, 3.63) is 230 Å². The molecule has 0 aliphatic heterocycles. The number of anilines is 6. The van der Waals surface area contributed by atoms with Gasteiger partial charge in [0, 0.05) is 33.5 Å². The van der Waals surface area contributed by atoms with Crippen LogP contribution in [0.5, 0.6) is 11.5 Å². The predicted octanol–water partition coefficient (Wildman–Crippen LogP) is 22.7. The molecule has 0 saturated heterocycles. The van der Waals surface area contributed by atoms with Gasteiger partial charge in [0.2, 0.25) is 0 Å². The Morgan fingerprint density at radius 3 is 0.951 bits per heavy atom. The molecule has 0 heterocycles. The van der Waals surface area contributed by atoms with E-state index in [1.807, 2.05) is 0 Å². The highest BCUT2D eigenvalue weighted by Gasteiger charge is 2.30.